The van der Waals surface area contributed by atoms with Crippen molar-refractivity contribution in [3.05, 3.63) is 57.3 Å². The van der Waals surface area contributed by atoms with E-state index in [1.54, 1.807) is 12.3 Å². The van der Waals surface area contributed by atoms with Gasteiger partial charge in [0, 0.05) is 17.5 Å². The Morgan fingerprint density at radius 1 is 1.29 bits per heavy atom. The van der Waals surface area contributed by atoms with Crippen molar-refractivity contribution in [1.82, 2.24) is 4.40 Å². The number of aromatic nitrogens is 1. The van der Waals surface area contributed by atoms with Gasteiger partial charge in [-0.2, -0.15) is 0 Å². The summed E-state index contributed by atoms with van der Waals surface area (Å²) in [5.41, 5.74) is 2.41. The van der Waals surface area contributed by atoms with E-state index >= 15 is 0 Å². The topological polar surface area (TPSA) is 77.2 Å². The number of hydrogen-bond donors (Lipinski definition) is 1. The number of halogens is 1. The SMILES string of the molecule is Cc1c(-c2cc(F)c(OC3CCCCO3)s2)ccn2c(=O)c(C(=O)O)cc(C3CC3)c12. The van der Waals surface area contributed by atoms with E-state index < -0.39 is 23.6 Å². The van der Waals surface area contributed by atoms with Gasteiger partial charge in [0.25, 0.3) is 5.56 Å². The molecule has 2 fully saturated rings. The first-order valence-electron chi connectivity index (χ1n) is 10.4. The fourth-order valence-corrected chi connectivity index (χ4v) is 5.22. The molecule has 5 rings (SSSR count). The molecule has 162 valence electrons. The van der Waals surface area contributed by atoms with Gasteiger partial charge in [0.1, 0.15) is 5.56 Å². The molecule has 3 aromatic heterocycles. The van der Waals surface area contributed by atoms with Crippen LogP contribution in [0.1, 0.15) is 59.5 Å². The van der Waals surface area contributed by atoms with Crippen molar-refractivity contribution in [2.24, 2.45) is 0 Å². The molecule has 1 unspecified atom stereocenters. The molecule has 0 spiro atoms. The molecule has 31 heavy (non-hydrogen) atoms. The van der Waals surface area contributed by atoms with Gasteiger partial charge in [0.15, 0.2) is 5.82 Å². The van der Waals surface area contributed by atoms with Gasteiger partial charge in [0.2, 0.25) is 11.4 Å². The summed E-state index contributed by atoms with van der Waals surface area (Å²) in [6, 6.07) is 4.69. The number of nitrogens with zero attached hydrogens (tertiary/aromatic N) is 1. The Kier molecular flexibility index (Phi) is 5.06. The Balaban J connectivity index is 1.60. The summed E-state index contributed by atoms with van der Waals surface area (Å²) >= 11 is 1.21. The average Bonchev–Trinajstić information content (AvgIpc) is 3.53. The zero-order valence-corrected chi connectivity index (χ0v) is 17.8. The summed E-state index contributed by atoms with van der Waals surface area (Å²) in [5.74, 6) is -1.42. The van der Waals surface area contributed by atoms with Crippen LogP contribution in [0.4, 0.5) is 4.39 Å². The summed E-state index contributed by atoms with van der Waals surface area (Å²) in [4.78, 5) is 25.0. The van der Waals surface area contributed by atoms with Crippen LogP contribution < -0.4 is 10.3 Å². The van der Waals surface area contributed by atoms with Crippen LogP contribution in [0.15, 0.2) is 29.2 Å². The number of carboxylic acids is 1. The molecule has 1 aliphatic carbocycles. The minimum Gasteiger partial charge on any atom is -0.477 e. The molecule has 0 radical (unpaired) electrons. The van der Waals surface area contributed by atoms with Crippen LogP contribution in [0.5, 0.6) is 5.06 Å². The minimum absolute atomic E-state index is 0.196. The summed E-state index contributed by atoms with van der Waals surface area (Å²) in [6.07, 6.45) is 5.79. The molecular formula is C23H22FNO5S. The Morgan fingerprint density at radius 2 is 2.10 bits per heavy atom. The smallest absolute Gasteiger partial charge is 0.341 e. The third-order valence-corrected chi connectivity index (χ3v) is 6.99. The normalized spacial score (nSPS) is 19.0. The molecule has 1 saturated carbocycles. The maximum Gasteiger partial charge on any atom is 0.341 e. The summed E-state index contributed by atoms with van der Waals surface area (Å²) in [7, 11) is 0. The molecule has 0 amide bonds. The van der Waals surface area contributed by atoms with Crippen molar-refractivity contribution in [3.8, 4) is 15.5 Å². The number of carbonyl (C=O) groups is 1. The van der Waals surface area contributed by atoms with E-state index in [1.165, 1.54) is 27.9 Å². The second kappa shape index (κ2) is 7.76. The number of thiophene rings is 1. The van der Waals surface area contributed by atoms with Crippen molar-refractivity contribution < 1.29 is 23.8 Å². The zero-order chi connectivity index (χ0) is 21.7. The molecule has 1 atom stereocenters. The molecule has 4 heterocycles. The number of rotatable bonds is 5. The molecule has 1 saturated heterocycles. The zero-order valence-electron chi connectivity index (χ0n) is 17.0. The first-order valence-corrected chi connectivity index (χ1v) is 11.3. The van der Waals surface area contributed by atoms with Gasteiger partial charge in [0.05, 0.1) is 12.1 Å². The Bertz CT molecular complexity index is 1240. The third-order valence-electron chi connectivity index (χ3n) is 5.96. The molecule has 3 aromatic rings. The van der Waals surface area contributed by atoms with Crippen molar-refractivity contribution in [2.75, 3.05) is 6.61 Å². The summed E-state index contributed by atoms with van der Waals surface area (Å²) < 4.78 is 27.3. The second-order valence-electron chi connectivity index (χ2n) is 8.13. The molecule has 0 aromatic carbocycles. The van der Waals surface area contributed by atoms with Crippen LogP contribution in [-0.2, 0) is 4.74 Å². The van der Waals surface area contributed by atoms with Gasteiger partial charge >= 0.3 is 5.97 Å². The average molecular weight is 443 g/mol. The number of hydrogen-bond acceptors (Lipinski definition) is 5. The van der Waals surface area contributed by atoms with Crippen LogP contribution in [0, 0.1) is 12.7 Å². The maximum absolute atomic E-state index is 14.6. The van der Waals surface area contributed by atoms with Gasteiger partial charge in [-0.1, -0.05) is 11.3 Å². The van der Waals surface area contributed by atoms with E-state index in [9.17, 15) is 19.1 Å². The van der Waals surface area contributed by atoms with Gasteiger partial charge in [-0.15, -0.1) is 0 Å². The number of fused-ring (bicyclic) bond motifs is 1. The Hall–Kier alpha value is -2.71. The predicted octanol–water partition coefficient (Wildman–Crippen LogP) is 4.96. The number of pyridine rings is 2. The van der Waals surface area contributed by atoms with Crippen LogP contribution in [0.3, 0.4) is 0 Å². The van der Waals surface area contributed by atoms with Gasteiger partial charge < -0.3 is 14.6 Å². The first-order chi connectivity index (χ1) is 14.9. The van der Waals surface area contributed by atoms with Crippen molar-refractivity contribution in [2.45, 2.75) is 51.2 Å². The van der Waals surface area contributed by atoms with Crippen LogP contribution >= 0.6 is 11.3 Å². The highest BCUT2D eigenvalue weighted by atomic mass is 32.1. The first kappa shape index (κ1) is 20.2. The summed E-state index contributed by atoms with van der Waals surface area (Å²) in [6.45, 7) is 2.50. The Morgan fingerprint density at radius 3 is 2.77 bits per heavy atom. The largest absolute Gasteiger partial charge is 0.477 e. The minimum atomic E-state index is -1.23. The number of aryl methyl sites for hydroxylation is 1. The van der Waals surface area contributed by atoms with Crippen molar-refractivity contribution in [3.63, 3.8) is 0 Å². The van der Waals surface area contributed by atoms with E-state index in [-0.39, 0.29) is 16.5 Å². The highest BCUT2D eigenvalue weighted by molar-refractivity contribution is 7.17. The molecule has 8 heteroatoms. The monoisotopic (exact) mass is 443 g/mol. The van der Waals surface area contributed by atoms with Crippen molar-refractivity contribution in [1.29, 1.82) is 0 Å². The molecule has 2 aliphatic rings. The lowest BCUT2D eigenvalue weighted by atomic mass is 10.00. The Labute approximate surface area is 181 Å². The lowest BCUT2D eigenvalue weighted by Gasteiger charge is -2.22. The van der Waals surface area contributed by atoms with Gasteiger partial charge in [-0.05, 0) is 73.4 Å². The second-order valence-corrected chi connectivity index (χ2v) is 9.15. The van der Waals surface area contributed by atoms with Crippen LogP contribution in [-0.4, -0.2) is 28.4 Å². The quantitative estimate of drug-likeness (QED) is 0.603. The van der Waals surface area contributed by atoms with Crippen LogP contribution in [0.2, 0.25) is 0 Å². The van der Waals surface area contributed by atoms with Gasteiger partial charge in [-0.25, -0.2) is 9.18 Å². The number of ether oxygens (including phenoxy) is 2. The standard InChI is InChI=1S/C23H22FNO5S/c1-12-14(18-11-17(24)23(31-18)30-19-4-2-3-9-29-19)7-8-25-20(12)15(13-5-6-13)10-16(21(25)26)22(27)28/h7-8,10-11,13,19H,2-6,9H2,1H3,(H,27,28). The third kappa shape index (κ3) is 3.64. The molecular weight excluding hydrogens is 421 g/mol. The molecule has 0 bridgehead atoms. The van der Waals surface area contributed by atoms with E-state index in [2.05, 4.69) is 0 Å². The lowest BCUT2D eigenvalue weighted by Crippen LogP contribution is -2.24. The van der Waals surface area contributed by atoms with E-state index in [0.29, 0.717) is 17.0 Å². The molecule has 6 nitrogen and oxygen atoms in total. The van der Waals surface area contributed by atoms with Crippen LogP contribution in [0.25, 0.3) is 16.0 Å². The highest BCUT2D eigenvalue weighted by Gasteiger charge is 2.30. The number of aromatic carboxylic acids is 1. The summed E-state index contributed by atoms with van der Waals surface area (Å²) in [5, 5.41) is 9.64. The lowest BCUT2D eigenvalue weighted by molar-refractivity contribution is -0.105. The van der Waals surface area contributed by atoms with Crippen molar-refractivity contribution >= 4 is 22.8 Å². The number of carboxylic acid groups (broad SMARTS) is 1. The van der Waals surface area contributed by atoms with E-state index in [0.717, 1.165) is 48.8 Å². The molecule has 1 N–H and O–H groups in total. The highest BCUT2D eigenvalue weighted by Crippen LogP contribution is 2.45. The maximum atomic E-state index is 14.6. The fourth-order valence-electron chi connectivity index (χ4n) is 4.21. The van der Waals surface area contributed by atoms with E-state index in [4.69, 9.17) is 9.47 Å². The fraction of sp³-hybridized carbons (Fsp3) is 0.391. The van der Waals surface area contributed by atoms with E-state index in [1.807, 2.05) is 6.92 Å². The molecule has 1 aliphatic heterocycles. The van der Waals surface area contributed by atoms with Gasteiger partial charge in [-0.3, -0.25) is 9.20 Å². The predicted molar refractivity (Wildman–Crippen MR) is 115 cm³/mol.